The van der Waals surface area contributed by atoms with Crippen molar-refractivity contribution in [3.8, 4) is 11.5 Å². The minimum absolute atomic E-state index is 0.0198. The minimum Gasteiger partial charge on any atom is -0.454 e. The van der Waals surface area contributed by atoms with Gasteiger partial charge >= 0.3 is 0 Å². The first-order chi connectivity index (χ1) is 15.5. The maximum absolute atomic E-state index is 13.4. The van der Waals surface area contributed by atoms with Gasteiger partial charge in [-0.2, -0.15) is 0 Å². The van der Waals surface area contributed by atoms with Crippen molar-refractivity contribution in [2.45, 2.75) is 96.1 Å². The second-order valence-electron chi connectivity index (χ2n) is 12.8. The third-order valence-corrected chi connectivity index (χ3v) is 9.33. The molecule has 0 bridgehead atoms. The van der Waals surface area contributed by atoms with Gasteiger partial charge in [0, 0.05) is 11.5 Å². The third kappa shape index (κ3) is 5.31. The maximum atomic E-state index is 13.4. The van der Waals surface area contributed by atoms with E-state index in [9.17, 15) is 4.79 Å². The zero-order valence-electron chi connectivity index (χ0n) is 22.3. The Kier molecular flexibility index (Phi) is 6.66. The first kappa shape index (κ1) is 25.9. The van der Waals surface area contributed by atoms with E-state index in [4.69, 9.17) is 22.8 Å². The van der Waals surface area contributed by atoms with Crippen LogP contribution in [-0.2, 0) is 13.3 Å². The van der Waals surface area contributed by atoms with E-state index in [1.54, 1.807) is 0 Å². The fourth-order valence-corrected chi connectivity index (χ4v) is 8.75. The van der Waals surface area contributed by atoms with E-state index in [2.05, 4.69) is 71.2 Å². The van der Waals surface area contributed by atoms with Gasteiger partial charge in [0.2, 0.25) is 6.79 Å². The molecule has 1 amide bonds. The average Bonchev–Trinajstić information content (AvgIpc) is 3.11. The summed E-state index contributed by atoms with van der Waals surface area (Å²) >= 11 is 0. The molecule has 0 spiro atoms. The number of hydrogen-bond donors (Lipinski definition) is 1. The van der Waals surface area contributed by atoms with Gasteiger partial charge < -0.3 is 28.1 Å². The standard InChI is InChI=1S/C24H41NO6Si3/c1-14-19-15-11-17-18(28-13-27-17)12-16(15)24(26)25-20(19)22(30-33(5,6)7)23(31-34(8,9)10)21(14)29-32(2,3)4/h11-12,14,19-23H,13H2,1-10H3,(H,25,26)/t14-,19-,20-,21+,22+,23-/m1/s1. The molecule has 1 N–H and O–H groups in total. The molecule has 3 aliphatic rings. The molecule has 2 aliphatic heterocycles. The molecule has 0 saturated heterocycles. The highest BCUT2D eigenvalue weighted by Gasteiger charge is 2.56. The predicted octanol–water partition coefficient (Wildman–Crippen LogP) is 4.92. The number of nitrogens with one attached hydrogen (secondary N) is 1. The summed E-state index contributed by atoms with van der Waals surface area (Å²) in [5.41, 5.74) is 1.64. The highest BCUT2D eigenvalue weighted by molar-refractivity contribution is 6.70. The van der Waals surface area contributed by atoms with Gasteiger partial charge in [0.25, 0.3) is 5.91 Å². The van der Waals surface area contributed by atoms with Gasteiger partial charge in [-0.05, 0) is 82.5 Å². The van der Waals surface area contributed by atoms with Crippen LogP contribution in [-0.4, -0.2) is 62.0 Å². The molecule has 0 radical (unpaired) electrons. The smallest absolute Gasteiger partial charge is 0.252 e. The first-order valence-electron chi connectivity index (χ1n) is 12.3. The van der Waals surface area contributed by atoms with Crippen molar-refractivity contribution in [2.75, 3.05) is 6.79 Å². The van der Waals surface area contributed by atoms with Crippen molar-refractivity contribution in [3.63, 3.8) is 0 Å². The van der Waals surface area contributed by atoms with E-state index in [0.717, 1.165) is 5.56 Å². The van der Waals surface area contributed by atoms with Crippen LogP contribution in [0, 0.1) is 5.92 Å². The molecular weight excluding hydrogens is 483 g/mol. The Bertz CT molecular complexity index is 952. The van der Waals surface area contributed by atoms with Crippen LogP contribution in [0.5, 0.6) is 11.5 Å². The summed E-state index contributed by atoms with van der Waals surface area (Å²) in [5, 5.41) is 3.32. The molecular formula is C24H41NO6Si3. The lowest BCUT2D eigenvalue weighted by molar-refractivity contribution is -0.105. The molecule has 0 aromatic heterocycles. The predicted molar refractivity (Wildman–Crippen MR) is 140 cm³/mol. The Balaban J connectivity index is 1.86. The summed E-state index contributed by atoms with van der Waals surface area (Å²) in [6.45, 7) is 22.3. The van der Waals surface area contributed by atoms with Gasteiger partial charge in [0.05, 0.1) is 24.4 Å². The van der Waals surface area contributed by atoms with Gasteiger partial charge in [-0.1, -0.05) is 6.92 Å². The molecule has 7 nitrogen and oxygen atoms in total. The van der Waals surface area contributed by atoms with Gasteiger partial charge in [-0.15, -0.1) is 0 Å². The van der Waals surface area contributed by atoms with Crippen LogP contribution in [0.4, 0.5) is 0 Å². The summed E-state index contributed by atoms with van der Waals surface area (Å²) < 4.78 is 31.8. The number of carbonyl (C=O) groups is 1. The fourth-order valence-electron chi connectivity index (χ4n) is 5.41. The largest absolute Gasteiger partial charge is 0.454 e. The van der Waals surface area contributed by atoms with Gasteiger partial charge in [0.15, 0.2) is 36.5 Å². The second kappa shape index (κ2) is 8.74. The van der Waals surface area contributed by atoms with Gasteiger partial charge in [-0.3, -0.25) is 4.79 Å². The van der Waals surface area contributed by atoms with E-state index in [0.29, 0.717) is 17.1 Å². The van der Waals surface area contributed by atoms with Gasteiger partial charge in [-0.25, -0.2) is 0 Å². The van der Waals surface area contributed by atoms with Crippen LogP contribution in [0.3, 0.4) is 0 Å². The molecule has 34 heavy (non-hydrogen) atoms. The van der Waals surface area contributed by atoms with E-state index in [1.807, 2.05) is 12.1 Å². The lowest BCUT2D eigenvalue weighted by Gasteiger charge is -2.55. The zero-order chi connectivity index (χ0) is 25.2. The maximum Gasteiger partial charge on any atom is 0.252 e. The Labute approximate surface area is 207 Å². The Morgan fingerprint density at radius 2 is 1.29 bits per heavy atom. The lowest BCUT2D eigenvalue weighted by atomic mass is 9.66. The number of amides is 1. The number of ether oxygens (including phenoxy) is 2. The molecule has 1 fully saturated rings. The van der Waals surface area contributed by atoms with Crippen molar-refractivity contribution < 1.29 is 27.5 Å². The summed E-state index contributed by atoms with van der Waals surface area (Å²) in [6, 6.07) is 3.62. The summed E-state index contributed by atoms with van der Waals surface area (Å²) in [7, 11) is -5.84. The molecule has 190 valence electrons. The van der Waals surface area contributed by atoms with Gasteiger partial charge in [0.1, 0.15) is 0 Å². The van der Waals surface area contributed by atoms with E-state index in [-0.39, 0.29) is 48.9 Å². The highest BCUT2D eigenvalue weighted by Crippen LogP contribution is 2.49. The van der Waals surface area contributed by atoms with Crippen molar-refractivity contribution >= 4 is 30.9 Å². The van der Waals surface area contributed by atoms with Crippen LogP contribution in [0.25, 0.3) is 0 Å². The van der Waals surface area contributed by atoms with Crippen molar-refractivity contribution in [3.05, 3.63) is 23.3 Å². The number of carbonyl (C=O) groups excluding carboxylic acids is 1. The molecule has 1 aliphatic carbocycles. The van der Waals surface area contributed by atoms with Crippen LogP contribution in [0.15, 0.2) is 12.1 Å². The molecule has 2 heterocycles. The first-order valence-corrected chi connectivity index (χ1v) is 22.5. The number of hydrogen-bond acceptors (Lipinski definition) is 6. The Morgan fingerprint density at radius 1 is 0.794 bits per heavy atom. The normalized spacial score (nSPS) is 31.1. The molecule has 6 atom stereocenters. The molecule has 1 aromatic carbocycles. The monoisotopic (exact) mass is 523 g/mol. The molecule has 10 heteroatoms. The summed E-state index contributed by atoms with van der Waals surface area (Å²) in [6.07, 6.45) is -0.657. The molecule has 1 aromatic rings. The Morgan fingerprint density at radius 3 is 1.85 bits per heavy atom. The SMILES string of the molecule is C[C@H]1[C@H](O[Si](C)(C)C)[C@@H](O[Si](C)(C)C)[C@@H](O[Si](C)(C)C)[C@@H]2NC(=O)c3cc4c(cc3[C@@H]12)OCO4. The van der Waals surface area contributed by atoms with E-state index in [1.165, 1.54) is 0 Å². The quantitative estimate of drug-likeness (QED) is 0.534. The van der Waals surface area contributed by atoms with Crippen LogP contribution < -0.4 is 14.8 Å². The zero-order valence-corrected chi connectivity index (χ0v) is 25.3. The number of rotatable bonds is 6. The van der Waals surface area contributed by atoms with Crippen molar-refractivity contribution in [2.24, 2.45) is 5.92 Å². The molecule has 1 saturated carbocycles. The third-order valence-electron chi connectivity index (χ3n) is 6.39. The Hall–Kier alpha value is -1.18. The van der Waals surface area contributed by atoms with Crippen LogP contribution in [0.1, 0.15) is 28.8 Å². The van der Waals surface area contributed by atoms with Crippen molar-refractivity contribution in [1.29, 1.82) is 0 Å². The average molecular weight is 524 g/mol. The van der Waals surface area contributed by atoms with Crippen LogP contribution >= 0.6 is 0 Å². The molecule has 0 unspecified atom stereocenters. The minimum atomic E-state index is -1.98. The highest BCUT2D eigenvalue weighted by atomic mass is 28.4. The van der Waals surface area contributed by atoms with Crippen molar-refractivity contribution in [1.82, 2.24) is 5.32 Å². The van der Waals surface area contributed by atoms with E-state index >= 15 is 0 Å². The summed E-state index contributed by atoms with van der Waals surface area (Å²) in [5.74, 6) is 1.36. The fraction of sp³-hybridized carbons (Fsp3) is 0.708. The van der Waals surface area contributed by atoms with Crippen LogP contribution in [0.2, 0.25) is 58.9 Å². The number of fused-ring (bicyclic) bond motifs is 4. The topological polar surface area (TPSA) is 75.2 Å². The second-order valence-corrected chi connectivity index (χ2v) is 26.1. The van der Waals surface area contributed by atoms with E-state index < -0.39 is 25.0 Å². The summed E-state index contributed by atoms with van der Waals surface area (Å²) in [4.78, 5) is 13.4. The lowest BCUT2D eigenvalue weighted by Crippen LogP contribution is -2.69. The molecule has 4 rings (SSSR count). The number of benzene rings is 1.